The van der Waals surface area contributed by atoms with Crippen LogP contribution in [0.15, 0.2) is 88.9 Å². The third-order valence-corrected chi connectivity index (χ3v) is 5.88. The van der Waals surface area contributed by atoms with Crippen molar-refractivity contribution in [2.24, 2.45) is 0 Å². The molecule has 33 heavy (non-hydrogen) atoms. The molecular formula is C27H20FNO4. The second kappa shape index (κ2) is 8.06. The molecule has 1 unspecified atom stereocenters. The van der Waals surface area contributed by atoms with Crippen LogP contribution in [0.1, 0.15) is 28.7 Å². The number of hydrogen-bond donors (Lipinski definition) is 1. The van der Waals surface area contributed by atoms with Crippen LogP contribution in [0, 0.1) is 12.7 Å². The summed E-state index contributed by atoms with van der Waals surface area (Å²) < 4.78 is 19.2. The van der Waals surface area contributed by atoms with Crippen LogP contribution in [0.2, 0.25) is 0 Å². The Hall–Kier alpha value is -4.19. The standard InChI is InChI=1S/C27H20FNO4/c1-16-9-14-22(33-16)24-23(25(30)21-8-4-6-18-5-2-3-7-20(18)21)26(31)27(32)29(24)15-17-10-12-19(28)13-11-17/h2-14,24,30H,15H2,1H3/b25-23-. The van der Waals surface area contributed by atoms with E-state index in [1.54, 1.807) is 43.3 Å². The molecule has 5 nitrogen and oxygen atoms in total. The molecule has 0 spiro atoms. The lowest BCUT2D eigenvalue weighted by atomic mass is 9.96. The Balaban J connectivity index is 1.68. The number of benzene rings is 3. The second-order valence-electron chi connectivity index (χ2n) is 8.03. The number of furan rings is 1. The van der Waals surface area contributed by atoms with E-state index in [1.165, 1.54) is 17.0 Å². The van der Waals surface area contributed by atoms with Gasteiger partial charge in [-0.1, -0.05) is 54.6 Å². The summed E-state index contributed by atoms with van der Waals surface area (Å²) in [5.41, 5.74) is 1.07. The van der Waals surface area contributed by atoms with E-state index in [2.05, 4.69) is 0 Å². The van der Waals surface area contributed by atoms with E-state index >= 15 is 0 Å². The number of carbonyl (C=O) groups is 2. The summed E-state index contributed by atoms with van der Waals surface area (Å²) in [4.78, 5) is 27.6. The van der Waals surface area contributed by atoms with Gasteiger partial charge in [-0.3, -0.25) is 9.59 Å². The number of likely N-dealkylation sites (tertiary alicyclic amines) is 1. The molecule has 0 aliphatic carbocycles. The highest BCUT2D eigenvalue weighted by atomic mass is 19.1. The molecule has 1 fully saturated rings. The average molecular weight is 441 g/mol. The van der Waals surface area contributed by atoms with Gasteiger partial charge in [0.15, 0.2) is 0 Å². The van der Waals surface area contributed by atoms with Gasteiger partial charge in [0.25, 0.3) is 11.7 Å². The zero-order valence-corrected chi connectivity index (χ0v) is 17.8. The molecule has 0 radical (unpaired) electrons. The molecule has 6 heteroatoms. The van der Waals surface area contributed by atoms with Crippen molar-refractivity contribution in [3.05, 3.63) is 113 Å². The Morgan fingerprint density at radius 1 is 0.970 bits per heavy atom. The summed E-state index contributed by atoms with van der Waals surface area (Å²) >= 11 is 0. The smallest absolute Gasteiger partial charge is 0.296 e. The van der Waals surface area contributed by atoms with E-state index in [4.69, 9.17) is 4.42 Å². The molecular weight excluding hydrogens is 421 g/mol. The van der Waals surface area contributed by atoms with Crippen molar-refractivity contribution in [2.45, 2.75) is 19.5 Å². The zero-order valence-electron chi connectivity index (χ0n) is 17.8. The van der Waals surface area contributed by atoms with Crippen molar-refractivity contribution in [3.63, 3.8) is 0 Å². The number of amides is 1. The molecule has 2 heterocycles. The van der Waals surface area contributed by atoms with E-state index in [1.807, 2.05) is 30.3 Å². The first-order valence-electron chi connectivity index (χ1n) is 10.5. The molecule has 1 aliphatic rings. The molecule has 1 N–H and O–H groups in total. The fourth-order valence-electron chi connectivity index (χ4n) is 4.30. The van der Waals surface area contributed by atoms with Crippen molar-refractivity contribution in [2.75, 3.05) is 0 Å². The normalized spacial score (nSPS) is 17.8. The number of halogens is 1. The predicted octanol–water partition coefficient (Wildman–Crippen LogP) is 5.50. The van der Waals surface area contributed by atoms with E-state index in [9.17, 15) is 19.1 Å². The van der Waals surface area contributed by atoms with Crippen molar-refractivity contribution in [1.82, 2.24) is 4.90 Å². The van der Waals surface area contributed by atoms with E-state index in [-0.39, 0.29) is 17.9 Å². The Kier molecular flexibility index (Phi) is 5.05. The maximum atomic E-state index is 13.4. The van der Waals surface area contributed by atoms with Gasteiger partial charge < -0.3 is 14.4 Å². The van der Waals surface area contributed by atoms with Gasteiger partial charge in [-0.15, -0.1) is 0 Å². The summed E-state index contributed by atoms with van der Waals surface area (Å²) in [5.74, 6) is -1.21. The van der Waals surface area contributed by atoms with Crippen molar-refractivity contribution in [3.8, 4) is 0 Å². The van der Waals surface area contributed by atoms with Crippen LogP contribution >= 0.6 is 0 Å². The number of aliphatic hydroxyl groups excluding tert-OH is 1. The highest BCUT2D eigenvalue weighted by molar-refractivity contribution is 6.46. The fraction of sp³-hybridized carbons (Fsp3) is 0.111. The average Bonchev–Trinajstić information content (AvgIpc) is 3.36. The van der Waals surface area contributed by atoms with Crippen molar-refractivity contribution >= 4 is 28.2 Å². The van der Waals surface area contributed by atoms with Gasteiger partial charge in [-0.05, 0) is 47.5 Å². The Morgan fingerprint density at radius 3 is 2.42 bits per heavy atom. The van der Waals surface area contributed by atoms with Crippen LogP contribution in [0.5, 0.6) is 0 Å². The SMILES string of the molecule is Cc1ccc(C2/C(=C(/O)c3cccc4ccccc34)C(=O)C(=O)N2Cc2ccc(F)cc2)o1. The van der Waals surface area contributed by atoms with Gasteiger partial charge in [0.1, 0.15) is 29.1 Å². The van der Waals surface area contributed by atoms with E-state index in [0.29, 0.717) is 22.6 Å². The topological polar surface area (TPSA) is 70.8 Å². The number of aryl methyl sites for hydroxylation is 1. The number of nitrogens with zero attached hydrogens (tertiary/aromatic N) is 1. The number of hydrogen-bond acceptors (Lipinski definition) is 4. The minimum absolute atomic E-state index is 0.0344. The van der Waals surface area contributed by atoms with E-state index in [0.717, 1.165) is 10.8 Å². The number of rotatable bonds is 4. The number of Topliss-reactive ketones (excluding diaryl/α,β-unsaturated/α-hetero) is 1. The lowest BCUT2D eigenvalue weighted by Gasteiger charge is -2.23. The molecule has 164 valence electrons. The number of aliphatic hydroxyl groups is 1. The van der Waals surface area contributed by atoms with Crippen LogP contribution in [-0.2, 0) is 16.1 Å². The Morgan fingerprint density at radius 2 is 1.70 bits per heavy atom. The number of fused-ring (bicyclic) bond motifs is 1. The van der Waals surface area contributed by atoms with Gasteiger partial charge in [0, 0.05) is 12.1 Å². The lowest BCUT2D eigenvalue weighted by Crippen LogP contribution is -2.29. The highest BCUT2D eigenvalue weighted by Gasteiger charge is 2.47. The lowest BCUT2D eigenvalue weighted by molar-refractivity contribution is -0.140. The minimum Gasteiger partial charge on any atom is -0.507 e. The maximum absolute atomic E-state index is 13.4. The molecule has 1 amide bonds. The third kappa shape index (κ3) is 3.59. The highest BCUT2D eigenvalue weighted by Crippen LogP contribution is 2.41. The molecule has 4 aromatic rings. The molecule has 1 aliphatic heterocycles. The van der Waals surface area contributed by atoms with Crippen LogP contribution < -0.4 is 0 Å². The zero-order chi connectivity index (χ0) is 23.1. The van der Waals surface area contributed by atoms with Crippen LogP contribution in [-0.4, -0.2) is 21.7 Å². The van der Waals surface area contributed by atoms with Crippen LogP contribution in [0.4, 0.5) is 4.39 Å². The summed E-state index contributed by atoms with van der Waals surface area (Å²) in [7, 11) is 0. The molecule has 1 atom stereocenters. The Labute approximate surface area is 189 Å². The third-order valence-electron chi connectivity index (χ3n) is 5.88. The van der Waals surface area contributed by atoms with Gasteiger partial charge in [0.05, 0.1) is 5.57 Å². The van der Waals surface area contributed by atoms with Gasteiger partial charge in [-0.2, -0.15) is 0 Å². The fourth-order valence-corrected chi connectivity index (χ4v) is 4.30. The van der Waals surface area contributed by atoms with Crippen LogP contribution in [0.25, 0.3) is 16.5 Å². The summed E-state index contributed by atoms with van der Waals surface area (Å²) in [6, 6.07) is 21.2. The quantitative estimate of drug-likeness (QED) is 0.258. The number of carbonyl (C=O) groups excluding carboxylic acids is 2. The van der Waals surface area contributed by atoms with Gasteiger partial charge in [0.2, 0.25) is 0 Å². The van der Waals surface area contributed by atoms with Gasteiger partial charge >= 0.3 is 0 Å². The number of ketones is 1. The molecule has 1 saturated heterocycles. The minimum atomic E-state index is -0.914. The largest absolute Gasteiger partial charge is 0.507 e. The van der Waals surface area contributed by atoms with Crippen LogP contribution in [0.3, 0.4) is 0 Å². The van der Waals surface area contributed by atoms with Gasteiger partial charge in [-0.25, -0.2) is 4.39 Å². The van der Waals surface area contributed by atoms with E-state index < -0.39 is 23.5 Å². The molecule has 5 rings (SSSR count). The molecule has 3 aromatic carbocycles. The van der Waals surface area contributed by atoms with Crippen molar-refractivity contribution < 1.29 is 23.5 Å². The first-order valence-corrected chi connectivity index (χ1v) is 10.5. The molecule has 0 saturated carbocycles. The predicted molar refractivity (Wildman–Crippen MR) is 122 cm³/mol. The molecule has 0 bridgehead atoms. The first-order chi connectivity index (χ1) is 15.9. The summed E-state index contributed by atoms with van der Waals surface area (Å²) in [5, 5.41) is 13.0. The summed E-state index contributed by atoms with van der Waals surface area (Å²) in [6.45, 7) is 1.82. The monoisotopic (exact) mass is 441 g/mol. The summed E-state index contributed by atoms with van der Waals surface area (Å²) in [6.07, 6.45) is 0. The second-order valence-corrected chi connectivity index (χ2v) is 8.03. The maximum Gasteiger partial charge on any atom is 0.296 e. The Bertz CT molecular complexity index is 1410. The molecule has 1 aromatic heterocycles. The van der Waals surface area contributed by atoms with Crippen molar-refractivity contribution in [1.29, 1.82) is 0 Å². The first kappa shape index (κ1) is 20.7.